The number of aromatic hydroxyl groups is 1. The third kappa shape index (κ3) is 4.78. The number of benzene rings is 3. The lowest BCUT2D eigenvalue weighted by Gasteiger charge is -2.16. The first-order chi connectivity index (χ1) is 16.0. The van der Waals surface area contributed by atoms with E-state index in [0.29, 0.717) is 32.6 Å². The van der Waals surface area contributed by atoms with Gasteiger partial charge in [-0.2, -0.15) is 0 Å². The summed E-state index contributed by atoms with van der Waals surface area (Å²) in [6.07, 6.45) is 1.68. The predicted molar refractivity (Wildman–Crippen MR) is 130 cm³/mol. The Kier molecular flexibility index (Phi) is 6.79. The lowest BCUT2D eigenvalue weighted by atomic mass is 10.1. The van der Waals surface area contributed by atoms with Crippen LogP contribution >= 0.6 is 11.8 Å². The van der Waals surface area contributed by atoms with E-state index >= 15 is 0 Å². The van der Waals surface area contributed by atoms with Crippen LogP contribution in [0.3, 0.4) is 0 Å². The van der Waals surface area contributed by atoms with Crippen LogP contribution in [0.2, 0.25) is 0 Å². The molecule has 0 saturated carbocycles. The number of amidine groups is 1. The van der Waals surface area contributed by atoms with Gasteiger partial charge in [-0.3, -0.25) is 9.69 Å². The molecule has 33 heavy (non-hydrogen) atoms. The molecule has 0 aliphatic carbocycles. The minimum Gasteiger partial charge on any atom is -0.504 e. The summed E-state index contributed by atoms with van der Waals surface area (Å²) < 4.78 is 5.20. The van der Waals surface area contributed by atoms with Crippen molar-refractivity contribution in [1.82, 2.24) is 0 Å². The maximum absolute atomic E-state index is 13.4. The molecule has 3 aromatic rings. The van der Waals surface area contributed by atoms with Gasteiger partial charge in [-0.25, -0.2) is 4.99 Å². The number of aliphatic imine (C=N–C) groups is 1. The molecular formula is C25H22N2O5S. The number of hydrogen-bond donors (Lipinski definition) is 3. The van der Waals surface area contributed by atoms with Crippen LogP contribution in [0.15, 0.2) is 76.6 Å². The molecule has 0 unspecified atom stereocenters. The quantitative estimate of drug-likeness (QED) is 0.475. The summed E-state index contributed by atoms with van der Waals surface area (Å²) in [6.45, 7) is -0.459. The molecular weight excluding hydrogens is 440 g/mol. The predicted octanol–water partition coefficient (Wildman–Crippen LogP) is 4.19. The normalized spacial score (nSPS) is 16.1. The van der Waals surface area contributed by atoms with E-state index in [1.54, 1.807) is 42.5 Å². The van der Waals surface area contributed by atoms with Crippen LogP contribution in [0, 0.1) is 0 Å². The van der Waals surface area contributed by atoms with Gasteiger partial charge in [0.2, 0.25) is 0 Å². The number of rotatable bonds is 6. The fraction of sp³-hybridized carbons (Fsp3) is 0.120. The van der Waals surface area contributed by atoms with Gasteiger partial charge in [-0.1, -0.05) is 30.3 Å². The fourth-order valence-electron chi connectivity index (χ4n) is 3.34. The SMILES string of the molecule is COc1cc(/C=C2\SC(=Nc3ccccc3)N(c3ccc(CO)cc3)C2=O)cc(CO)c1O. The zero-order valence-electron chi connectivity index (χ0n) is 17.8. The molecule has 7 nitrogen and oxygen atoms in total. The average molecular weight is 463 g/mol. The van der Waals surface area contributed by atoms with Crippen molar-refractivity contribution in [2.45, 2.75) is 13.2 Å². The second-order valence-electron chi connectivity index (χ2n) is 7.19. The third-order valence-corrected chi connectivity index (χ3v) is 6.00. The molecule has 3 N–H and O–H groups in total. The number of nitrogens with zero attached hydrogens (tertiary/aromatic N) is 2. The Morgan fingerprint density at radius 1 is 1.03 bits per heavy atom. The van der Waals surface area contributed by atoms with Gasteiger partial charge in [0.25, 0.3) is 5.91 Å². The van der Waals surface area contributed by atoms with Crippen molar-refractivity contribution < 1.29 is 24.9 Å². The van der Waals surface area contributed by atoms with Crippen LogP contribution in [-0.4, -0.2) is 33.5 Å². The zero-order valence-corrected chi connectivity index (χ0v) is 18.6. The monoisotopic (exact) mass is 462 g/mol. The minimum absolute atomic E-state index is 0.0883. The molecule has 0 atom stereocenters. The molecule has 1 fully saturated rings. The average Bonchev–Trinajstić information content (AvgIpc) is 3.14. The smallest absolute Gasteiger partial charge is 0.271 e. The number of anilines is 1. The summed E-state index contributed by atoms with van der Waals surface area (Å²) in [4.78, 5) is 20.0. The maximum atomic E-state index is 13.4. The van der Waals surface area contributed by atoms with Gasteiger partial charge in [-0.15, -0.1) is 0 Å². The number of methoxy groups -OCH3 is 1. The van der Waals surface area contributed by atoms with Crippen LogP contribution in [0.5, 0.6) is 11.5 Å². The van der Waals surface area contributed by atoms with E-state index in [1.165, 1.54) is 23.8 Å². The van der Waals surface area contributed by atoms with E-state index in [4.69, 9.17) is 4.74 Å². The summed E-state index contributed by atoms with van der Waals surface area (Å²) in [6, 6.07) is 19.6. The molecule has 4 rings (SSSR count). The maximum Gasteiger partial charge on any atom is 0.271 e. The van der Waals surface area contributed by atoms with Gasteiger partial charge in [0.1, 0.15) is 0 Å². The van der Waals surface area contributed by atoms with Crippen molar-refractivity contribution in [2.24, 2.45) is 4.99 Å². The first-order valence-corrected chi connectivity index (χ1v) is 10.9. The highest BCUT2D eigenvalue weighted by molar-refractivity contribution is 8.19. The number of para-hydroxylation sites is 1. The molecule has 1 aliphatic heterocycles. The van der Waals surface area contributed by atoms with Crippen LogP contribution in [0.4, 0.5) is 11.4 Å². The second kappa shape index (κ2) is 9.91. The summed E-state index contributed by atoms with van der Waals surface area (Å²) >= 11 is 1.22. The molecule has 0 aromatic heterocycles. The fourth-order valence-corrected chi connectivity index (χ4v) is 4.34. The van der Waals surface area contributed by atoms with Crippen molar-refractivity contribution >= 4 is 40.3 Å². The number of aliphatic hydroxyl groups excluding tert-OH is 2. The largest absolute Gasteiger partial charge is 0.504 e. The van der Waals surface area contributed by atoms with Crippen LogP contribution in [0.25, 0.3) is 6.08 Å². The van der Waals surface area contributed by atoms with Gasteiger partial charge in [0, 0.05) is 5.56 Å². The van der Waals surface area contributed by atoms with E-state index in [0.717, 1.165) is 5.56 Å². The lowest BCUT2D eigenvalue weighted by molar-refractivity contribution is -0.113. The van der Waals surface area contributed by atoms with Crippen molar-refractivity contribution in [1.29, 1.82) is 0 Å². The number of aliphatic hydroxyl groups is 2. The van der Waals surface area contributed by atoms with Gasteiger partial charge in [0.05, 0.1) is 36.6 Å². The van der Waals surface area contributed by atoms with Gasteiger partial charge < -0.3 is 20.1 Å². The summed E-state index contributed by atoms with van der Waals surface area (Å²) in [5, 5.41) is 29.5. The van der Waals surface area contributed by atoms with E-state index in [-0.39, 0.29) is 30.6 Å². The number of phenols is 1. The first kappa shape index (κ1) is 22.6. The van der Waals surface area contributed by atoms with E-state index < -0.39 is 0 Å². The molecule has 0 radical (unpaired) electrons. The lowest BCUT2D eigenvalue weighted by Crippen LogP contribution is -2.28. The van der Waals surface area contributed by atoms with Crippen molar-refractivity contribution in [2.75, 3.05) is 12.0 Å². The molecule has 3 aromatic carbocycles. The Balaban J connectivity index is 1.78. The van der Waals surface area contributed by atoms with E-state index in [9.17, 15) is 20.1 Å². The highest BCUT2D eigenvalue weighted by Crippen LogP contribution is 2.39. The van der Waals surface area contributed by atoms with Crippen molar-refractivity contribution in [3.63, 3.8) is 0 Å². The minimum atomic E-state index is -0.371. The number of thioether (sulfide) groups is 1. The van der Waals surface area contributed by atoms with Crippen LogP contribution < -0.4 is 9.64 Å². The molecule has 168 valence electrons. The Hall–Kier alpha value is -3.59. The molecule has 1 saturated heterocycles. The molecule has 1 aliphatic rings. The number of carbonyl (C=O) groups is 1. The van der Waals surface area contributed by atoms with E-state index in [1.807, 2.05) is 30.3 Å². The number of amides is 1. The Bertz CT molecular complexity index is 1200. The van der Waals surface area contributed by atoms with Crippen LogP contribution in [0.1, 0.15) is 16.7 Å². The van der Waals surface area contributed by atoms with Gasteiger partial charge >= 0.3 is 0 Å². The molecule has 0 spiro atoms. The van der Waals surface area contributed by atoms with Crippen LogP contribution in [-0.2, 0) is 18.0 Å². The summed E-state index contributed by atoms with van der Waals surface area (Å²) in [5.74, 6) is -0.188. The van der Waals surface area contributed by atoms with E-state index in [2.05, 4.69) is 4.99 Å². The molecule has 8 heteroatoms. The Morgan fingerprint density at radius 2 is 1.76 bits per heavy atom. The molecule has 0 bridgehead atoms. The highest BCUT2D eigenvalue weighted by Gasteiger charge is 2.35. The van der Waals surface area contributed by atoms with Crippen molar-refractivity contribution in [3.05, 3.63) is 88.3 Å². The summed E-state index contributed by atoms with van der Waals surface area (Å²) in [7, 11) is 1.42. The Morgan fingerprint density at radius 3 is 2.39 bits per heavy atom. The van der Waals surface area contributed by atoms with Crippen molar-refractivity contribution in [3.8, 4) is 11.5 Å². The first-order valence-electron chi connectivity index (χ1n) is 10.1. The van der Waals surface area contributed by atoms with Gasteiger partial charge in [0.15, 0.2) is 16.7 Å². The summed E-state index contributed by atoms with van der Waals surface area (Å²) in [5.41, 5.74) is 2.97. The highest BCUT2D eigenvalue weighted by atomic mass is 32.2. The number of hydrogen-bond acceptors (Lipinski definition) is 7. The zero-order chi connectivity index (χ0) is 23.4. The molecule has 1 amide bonds. The standard InChI is InChI=1S/C25H22N2O5S/c1-32-21-12-17(11-18(15-29)23(21)30)13-22-24(31)27(20-9-7-16(14-28)8-10-20)25(33-22)26-19-5-3-2-4-6-19/h2-13,28-30H,14-15H2,1H3/b22-13-,26-25?. The number of carbonyl (C=O) groups excluding carboxylic acids is 1. The third-order valence-electron chi connectivity index (χ3n) is 5.03. The Labute approximate surface area is 195 Å². The number of ether oxygens (including phenoxy) is 1. The molecule has 1 heterocycles. The second-order valence-corrected chi connectivity index (χ2v) is 8.20. The topological polar surface area (TPSA) is 103 Å². The van der Waals surface area contributed by atoms with Gasteiger partial charge in [-0.05, 0) is 65.4 Å².